The van der Waals surface area contributed by atoms with E-state index in [4.69, 9.17) is 21.7 Å². The number of hydrogen-bond donors (Lipinski definition) is 2. The Balaban J connectivity index is 1.97. The molecule has 2 aromatic rings. The van der Waals surface area contributed by atoms with Crippen molar-refractivity contribution in [3.8, 4) is 11.5 Å². The molecule has 0 aliphatic heterocycles. The summed E-state index contributed by atoms with van der Waals surface area (Å²) < 4.78 is 12.1. The van der Waals surface area contributed by atoms with Crippen molar-refractivity contribution in [2.24, 2.45) is 0 Å². The first-order valence-corrected chi connectivity index (χ1v) is 10.5. The lowest BCUT2D eigenvalue weighted by Gasteiger charge is -2.14. The fraction of sp³-hybridized carbons (Fsp3) is 0.273. The highest BCUT2D eigenvalue weighted by molar-refractivity contribution is 9.10. The van der Waals surface area contributed by atoms with Gasteiger partial charge in [-0.05, 0) is 73.6 Å². The number of anilines is 1. The van der Waals surface area contributed by atoms with Crippen LogP contribution in [-0.4, -0.2) is 24.2 Å². The number of unbranched alkanes of at least 4 members (excludes halogenated alkanes) is 1. The molecule has 29 heavy (non-hydrogen) atoms. The monoisotopic (exact) mass is 476 g/mol. The zero-order valence-electron chi connectivity index (χ0n) is 16.6. The van der Waals surface area contributed by atoms with Gasteiger partial charge in [-0.15, -0.1) is 0 Å². The van der Waals surface area contributed by atoms with Gasteiger partial charge in [-0.3, -0.25) is 10.1 Å². The van der Waals surface area contributed by atoms with Crippen LogP contribution in [0.25, 0.3) is 0 Å². The van der Waals surface area contributed by atoms with Crippen LogP contribution in [0, 0.1) is 0 Å². The van der Waals surface area contributed by atoms with Gasteiger partial charge in [0.25, 0.3) is 5.91 Å². The van der Waals surface area contributed by atoms with E-state index in [1.54, 1.807) is 12.1 Å². The van der Waals surface area contributed by atoms with E-state index in [9.17, 15) is 4.79 Å². The molecule has 0 heterocycles. The maximum absolute atomic E-state index is 12.7. The molecule has 0 spiro atoms. The van der Waals surface area contributed by atoms with Gasteiger partial charge in [-0.1, -0.05) is 35.9 Å². The number of amides is 1. The minimum absolute atomic E-state index is 0.199. The van der Waals surface area contributed by atoms with Crippen molar-refractivity contribution >= 4 is 44.9 Å². The number of rotatable bonds is 9. The second-order valence-electron chi connectivity index (χ2n) is 6.52. The van der Waals surface area contributed by atoms with E-state index in [-0.39, 0.29) is 11.0 Å². The van der Waals surface area contributed by atoms with Crippen molar-refractivity contribution in [2.45, 2.75) is 26.7 Å². The third-order valence-corrected chi connectivity index (χ3v) is 4.46. The summed E-state index contributed by atoms with van der Waals surface area (Å²) in [5, 5.41) is 5.89. The molecule has 0 saturated heterocycles. The average molecular weight is 477 g/mol. The number of carbonyl (C=O) groups is 1. The molecule has 2 rings (SSSR count). The summed E-state index contributed by atoms with van der Waals surface area (Å²) in [6.45, 7) is 8.82. The van der Waals surface area contributed by atoms with Gasteiger partial charge >= 0.3 is 0 Å². The second-order valence-corrected chi connectivity index (χ2v) is 7.84. The summed E-state index contributed by atoms with van der Waals surface area (Å²) in [6, 6.07) is 12.6. The zero-order chi connectivity index (χ0) is 21.2. The first kappa shape index (κ1) is 22.9. The summed E-state index contributed by atoms with van der Waals surface area (Å²) in [4.78, 5) is 12.7. The Morgan fingerprint density at radius 3 is 2.55 bits per heavy atom. The minimum Gasteiger partial charge on any atom is -0.493 e. The Hall–Kier alpha value is -2.38. The largest absolute Gasteiger partial charge is 0.493 e. The molecule has 0 bridgehead atoms. The minimum atomic E-state index is -0.336. The van der Waals surface area contributed by atoms with Crippen LogP contribution in [0.5, 0.6) is 11.5 Å². The summed E-state index contributed by atoms with van der Waals surface area (Å²) in [5.41, 5.74) is 2.11. The standard InChI is InChI=1S/C22H25BrN2O3S/c1-4-5-12-27-20-11-6-16(23)13-19(20)21(26)25-22(29)24-17-7-9-18(10-8-17)28-14-15(2)3/h6-11,13H,2,4-5,12,14H2,1,3H3,(H2,24,25,26,29). The third-order valence-electron chi connectivity index (χ3n) is 3.77. The Morgan fingerprint density at radius 1 is 1.17 bits per heavy atom. The van der Waals surface area contributed by atoms with Crippen molar-refractivity contribution < 1.29 is 14.3 Å². The van der Waals surface area contributed by atoms with Crippen molar-refractivity contribution in [3.05, 3.63) is 64.7 Å². The molecule has 0 aromatic heterocycles. The summed E-state index contributed by atoms with van der Waals surface area (Å²) in [6.07, 6.45) is 1.94. The molecular formula is C22H25BrN2O3S. The molecule has 0 unspecified atom stereocenters. The topological polar surface area (TPSA) is 59.6 Å². The van der Waals surface area contributed by atoms with Gasteiger partial charge < -0.3 is 14.8 Å². The van der Waals surface area contributed by atoms with Crippen molar-refractivity contribution in [2.75, 3.05) is 18.5 Å². The van der Waals surface area contributed by atoms with Crippen molar-refractivity contribution in [1.29, 1.82) is 0 Å². The fourth-order valence-electron chi connectivity index (χ4n) is 2.31. The van der Waals surface area contributed by atoms with E-state index in [0.29, 0.717) is 24.5 Å². The first-order chi connectivity index (χ1) is 13.9. The van der Waals surface area contributed by atoms with E-state index >= 15 is 0 Å². The number of nitrogens with one attached hydrogen (secondary N) is 2. The third kappa shape index (κ3) is 7.87. The normalized spacial score (nSPS) is 10.2. The molecule has 2 aromatic carbocycles. The van der Waals surface area contributed by atoms with Gasteiger partial charge in [-0.2, -0.15) is 0 Å². The predicted molar refractivity (Wildman–Crippen MR) is 125 cm³/mol. The van der Waals surface area contributed by atoms with Crippen LogP contribution in [0.15, 0.2) is 59.1 Å². The number of benzene rings is 2. The summed E-state index contributed by atoms with van der Waals surface area (Å²) >= 11 is 8.67. The quantitative estimate of drug-likeness (QED) is 0.275. The lowest BCUT2D eigenvalue weighted by Crippen LogP contribution is -2.34. The molecule has 7 heteroatoms. The zero-order valence-corrected chi connectivity index (χ0v) is 19.0. The van der Waals surface area contributed by atoms with Gasteiger partial charge in [-0.25, -0.2) is 0 Å². The molecule has 0 atom stereocenters. The number of halogens is 1. The fourth-order valence-corrected chi connectivity index (χ4v) is 2.88. The second kappa shape index (κ2) is 11.6. The van der Waals surface area contributed by atoms with E-state index < -0.39 is 0 Å². The maximum Gasteiger partial charge on any atom is 0.261 e. The smallest absolute Gasteiger partial charge is 0.261 e. The molecule has 0 saturated carbocycles. The van der Waals surface area contributed by atoms with Crippen LogP contribution in [0.1, 0.15) is 37.0 Å². The molecule has 1 amide bonds. The number of thiocarbonyl (C=S) groups is 1. The van der Waals surface area contributed by atoms with Crippen LogP contribution < -0.4 is 20.1 Å². The summed E-state index contributed by atoms with van der Waals surface area (Å²) in [7, 11) is 0. The van der Waals surface area contributed by atoms with Crippen LogP contribution in [0.2, 0.25) is 0 Å². The van der Waals surface area contributed by atoms with E-state index in [0.717, 1.165) is 34.3 Å². The lowest BCUT2D eigenvalue weighted by molar-refractivity contribution is 0.0973. The van der Waals surface area contributed by atoms with Crippen molar-refractivity contribution in [1.82, 2.24) is 5.32 Å². The van der Waals surface area contributed by atoms with Crippen molar-refractivity contribution in [3.63, 3.8) is 0 Å². The number of carbonyl (C=O) groups excluding carboxylic acids is 1. The highest BCUT2D eigenvalue weighted by Gasteiger charge is 2.15. The molecule has 0 fully saturated rings. The SMILES string of the molecule is C=C(C)COc1ccc(NC(=S)NC(=O)c2cc(Br)ccc2OCCCC)cc1. The van der Waals surface area contributed by atoms with Crippen LogP contribution in [-0.2, 0) is 0 Å². The van der Waals surface area contributed by atoms with Gasteiger partial charge in [0.2, 0.25) is 0 Å². The molecule has 5 nitrogen and oxygen atoms in total. The number of hydrogen-bond acceptors (Lipinski definition) is 4. The molecular weight excluding hydrogens is 452 g/mol. The molecule has 0 aliphatic carbocycles. The van der Waals surface area contributed by atoms with Gasteiger partial charge in [0.15, 0.2) is 5.11 Å². The maximum atomic E-state index is 12.7. The lowest BCUT2D eigenvalue weighted by atomic mass is 10.2. The Kier molecular flexibility index (Phi) is 9.15. The molecule has 0 aliphatic rings. The van der Waals surface area contributed by atoms with Crippen LogP contribution in [0.4, 0.5) is 5.69 Å². The average Bonchev–Trinajstić information content (AvgIpc) is 2.68. The Morgan fingerprint density at radius 2 is 1.90 bits per heavy atom. The van der Waals surface area contributed by atoms with E-state index in [1.165, 1.54) is 0 Å². The van der Waals surface area contributed by atoms with Crippen LogP contribution >= 0.6 is 28.1 Å². The first-order valence-electron chi connectivity index (χ1n) is 9.31. The van der Waals surface area contributed by atoms with E-state index in [2.05, 4.69) is 40.1 Å². The molecule has 2 N–H and O–H groups in total. The highest BCUT2D eigenvalue weighted by Crippen LogP contribution is 2.24. The Bertz CT molecular complexity index is 869. The predicted octanol–water partition coefficient (Wildman–Crippen LogP) is 5.71. The van der Waals surface area contributed by atoms with Crippen LogP contribution in [0.3, 0.4) is 0 Å². The Labute approximate surface area is 185 Å². The molecule has 154 valence electrons. The molecule has 0 radical (unpaired) electrons. The summed E-state index contributed by atoms with van der Waals surface area (Å²) in [5.74, 6) is 0.925. The van der Waals surface area contributed by atoms with E-state index in [1.807, 2.05) is 37.3 Å². The van der Waals surface area contributed by atoms with Gasteiger partial charge in [0.05, 0.1) is 12.2 Å². The van der Waals surface area contributed by atoms with Gasteiger partial charge in [0.1, 0.15) is 18.1 Å². The van der Waals surface area contributed by atoms with Gasteiger partial charge in [0, 0.05) is 10.2 Å². The number of ether oxygens (including phenoxy) is 2. The highest BCUT2D eigenvalue weighted by atomic mass is 79.9.